The van der Waals surface area contributed by atoms with Gasteiger partial charge in [-0.05, 0) is 49.8 Å². The Morgan fingerprint density at radius 3 is 2.40 bits per heavy atom. The van der Waals surface area contributed by atoms with Crippen LogP contribution in [0.3, 0.4) is 0 Å². The molecule has 0 unspecified atom stereocenters. The number of hydrogen-bond acceptors (Lipinski definition) is 7. The zero-order valence-corrected chi connectivity index (χ0v) is 20.6. The molecule has 3 fully saturated rings. The molecule has 4 aliphatic carbocycles. The molecule has 0 aromatic carbocycles. The number of allylic oxidation sites excluding steroid dienone is 4. The van der Waals surface area contributed by atoms with Crippen LogP contribution >= 0.6 is 0 Å². The fraction of sp³-hybridized carbons (Fsp3) is 0.692. The fourth-order valence-corrected chi connectivity index (χ4v) is 7.89. The van der Waals surface area contributed by atoms with Gasteiger partial charge in [0.2, 0.25) is 5.78 Å². The van der Waals surface area contributed by atoms with Gasteiger partial charge in [-0.3, -0.25) is 19.2 Å². The molecule has 35 heavy (non-hydrogen) atoms. The Morgan fingerprint density at radius 1 is 1.14 bits per heavy atom. The second-order valence-corrected chi connectivity index (χ2v) is 11.0. The summed E-state index contributed by atoms with van der Waals surface area (Å²) in [5, 5.41) is 11.4. The number of ether oxygens (including phenoxy) is 2. The number of aliphatic hydroxyl groups excluding tert-OH is 1. The van der Waals surface area contributed by atoms with E-state index in [1.807, 2.05) is 0 Å². The van der Waals surface area contributed by atoms with Gasteiger partial charge in [0, 0.05) is 36.5 Å². The first-order chi connectivity index (χ1) is 16.1. The van der Waals surface area contributed by atoms with Gasteiger partial charge in [-0.15, -0.1) is 0 Å². The van der Waals surface area contributed by atoms with Gasteiger partial charge in [-0.2, -0.15) is 0 Å². The molecule has 0 aliphatic heterocycles. The minimum absolute atomic E-state index is 0.00892. The summed E-state index contributed by atoms with van der Waals surface area (Å²) in [5.41, 5.74) is -6.90. The molecule has 4 aliphatic rings. The summed E-state index contributed by atoms with van der Waals surface area (Å²) >= 11 is 0. The second kappa shape index (κ2) is 8.05. The molecular weight excluding hydrogens is 462 g/mol. The average Bonchev–Trinajstić information content (AvgIpc) is 2.97. The fourth-order valence-electron chi connectivity index (χ4n) is 7.89. The van der Waals surface area contributed by atoms with Crippen molar-refractivity contribution in [2.24, 2.45) is 28.6 Å². The predicted molar refractivity (Wildman–Crippen MR) is 119 cm³/mol. The Bertz CT molecular complexity index is 1050. The lowest BCUT2D eigenvalue weighted by Gasteiger charge is -2.63. The number of halogens is 2. The topological polar surface area (TPSA) is 107 Å². The monoisotopic (exact) mass is 494 g/mol. The highest BCUT2D eigenvalue weighted by Crippen LogP contribution is 2.71. The molecule has 7 nitrogen and oxygen atoms in total. The van der Waals surface area contributed by atoms with Gasteiger partial charge >= 0.3 is 11.9 Å². The van der Waals surface area contributed by atoms with Crippen molar-refractivity contribution in [3.8, 4) is 0 Å². The smallest absolute Gasteiger partial charge is 0.303 e. The van der Waals surface area contributed by atoms with Crippen LogP contribution in [0.1, 0.15) is 53.9 Å². The molecule has 0 aromatic heterocycles. The van der Waals surface area contributed by atoms with Crippen LogP contribution in [0, 0.1) is 28.6 Å². The van der Waals surface area contributed by atoms with Crippen LogP contribution in [0.2, 0.25) is 0 Å². The summed E-state index contributed by atoms with van der Waals surface area (Å²) in [6.45, 7) is 6.52. The van der Waals surface area contributed by atoms with E-state index in [4.69, 9.17) is 9.47 Å². The lowest BCUT2D eigenvalue weighted by molar-refractivity contribution is -0.231. The van der Waals surface area contributed by atoms with Crippen molar-refractivity contribution in [2.75, 3.05) is 6.61 Å². The maximum atomic E-state index is 17.3. The highest BCUT2D eigenvalue weighted by atomic mass is 19.1. The number of alkyl halides is 2. The van der Waals surface area contributed by atoms with Crippen LogP contribution in [0.25, 0.3) is 0 Å². The molecule has 0 saturated heterocycles. The average molecular weight is 495 g/mol. The molecule has 0 bridgehead atoms. The van der Waals surface area contributed by atoms with Gasteiger partial charge in [0.25, 0.3) is 0 Å². The van der Waals surface area contributed by atoms with Crippen molar-refractivity contribution in [1.29, 1.82) is 0 Å². The van der Waals surface area contributed by atoms with Crippen molar-refractivity contribution in [2.45, 2.75) is 77.4 Å². The Labute approximate surface area is 202 Å². The number of Topliss-reactive ketones (excluding diaryl/α,β-unsaturated/α-hetero) is 1. The van der Waals surface area contributed by atoms with Crippen molar-refractivity contribution >= 4 is 23.5 Å². The van der Waals surface area contributed by atoms with Crippen molar-refractivity contribution in [3.63, 3.8) is 0 Å². The Balaban J connectivity index is 1.85. The van der Waals surface area contributed by atoms with E-state index in [2.05, 4.69) is 0 Å². The molecule has 0 heterocycles. The van der Waals surface area contributed by atoms with Crippen molar-refractivity contribution in [1.82, 2.24) is 0 Å². The first-order valence-electron chi connectivity index (χ1n) is 12.0. The zero-order valence-electron chi connectivity index (χ0n) is 20.6. The number of fused-ring (bicyclic) bond motifs is 5. The summed E-state index contributed by atoms with van der Waals surface area (Å²) in [5.74, 6) is -4.77. The molecule has 3 saturated carbocycles. The molecular formula is C26H32F2O7. The van der Waals surface area contributed by atoms with Gasteiger partial charge < -0.3 is 14.6 Å². The minimum Gasteiger partial charge on any atom is -0.458 e. The standard InChI is InChI=1S/C26H32F2O7/c1-13-8-17-18-10-20(27)19-9-16(31)6-7-23(19,4)25(18,28)21(32)11-24(17,5)26(13,35-15(3)30)22(33)12-34-14(2)29/h6-7,9,13,17-18,20-21,32H,8,10-12H2,1-5H3/t13-,17+,18+,20+,21+,23+,24+,25+,26+/m1/s1. The Hall–Kier alpha value is -2.42. The van der Waals surface area contributed by atoms with E-state index in [0.29, 0.717) is 0 Å². The minimum atomic E-state index is -2.31. The number of hydrogen-bond donors (Lipinski definition) is 1. The van der Waals surface area contributed by atoms with Crippen LogP contribution < -0.4 is 0 Å². The third kappa shape index (κ3) is 3.22. The van der Waals surface area contributed by atoms with Crippen LogP contribution in [0.5, 0.6) is 0 Å². The third-order valence-electron chi connectivity index (χ3n) is 9.29. The number of carbonyl (C=O) groups is 4. The molecule has 192 valence electrons. The maximum absolute atomic E-state index is 17.3. The van der Waals surface area contributed by atoms with Gasteiger partial charge in [0.1, 0.15) is 6.17 Å². The largest absolute Gasteiger partial charge is 0.458 e. The molecule has 0 radical (unpaired) electrons. The summed E-state index contributed by atoms with van der Waals surface area (Å²) in [7, 11) is 0. The highest BCUT2D eigenvalue weighted by Gasteiger charge is 2.78. The third-order valence-corrected chi connectivity index (χ3v) is 9.29. The van der Waals surface area contributed by atoms with E-state index in [1.54, 1.807) is 13.8 Å². The second-order valence-electron chi connectivity index (χ2n) is 11.0. The van der Waals surface area contributed by atoms with Gasteiger partial charge in [0.15, 0.2) is 23.7 Å². The Morgan fingerprint density at radius 2 is 1.80 bits per heavy atom. The molecule has 4 rings (SSSR count). The van der Waals surface area contributed by atoms with Crippen molar-refractivity contribution < 1.29 is 42.5 Å². The van der Waals surface area contributed by atoms with E-state index in [1.165, 1.54) is 19.1 Å². The molecule has 9 heteroatoms. The maximum Gasteiger partial charge on any atom is 0.303 e. The molecule has 0 aromatic rings. The van der Waals surface area contributed by atoms with E-state index in [-0.39, 0.29) is 24.8 Å². The van der Waals surface area contributed by atoms with E-state index in [0.717, 1.165) is 19.9 Å². The number of ketones is 2. The first kappa shape index (κ1) is 25.7. The molecule has 0 amide bonds. The van der Waals surface area contributed by atoms with Crippen LogP contribution in [-0.2, 0) is 28.7 Å². The Kier molecular flexibility index (Phi) is 5.90. The highest BCUT2D eigenvalue weighted by molar-refractivity contribution is 6.01. The van der Waals surface area contributed by atoms with Gasteiger partial charge in [-0.1, -0.05) is 19.9 Å². The van der Waals surface area contributed by atoms with E-state index < -0.39 is 82.2 Å². The SMILES string of the molecule is CC(=O)OCC(=O)[C@@]1(OC(C)=O)[C@H](C)C[C@H]2[C@@H]3C[C@H](F)C4=CC(=O)C=C[C@]4(C)[C@@]3(F)[C@@H](O)C[C@@]21C. The lowest BCUT2D eigenvalue weighted by atomic mass is 9.44. The number of esters is 2. The first-order valence-corrected chi connectivity index (χ1v) is 12.0. The van der Waals surface area contributed by atoms with E-state index >= 15 is 8.78 Å². The molecule has 0 spiro atoms. The van der Waals surface area contributed by atoms with E-state index in [9.17, 15) is 24.3 Å². The lowest BCUT2D eigenvalue weighted by Crippen LogP contribution is -2.71. The van der Waals surface area contributed by atoms with Gasteiger partial charge in [-0.25, -0.2) is 8.78 Å². The van der Waals surface area contributed by atoms with Crippen LogP contribution in [0.4, 0.5) is 8.78 Å². The number of aliphatic hydroxyl groups is 1. The normalized spacial score (nSPS) is 46.1. The van der Waals surface area contributed by atoms with Crippen LogP contribution in [0.15, 0.2) is 23.8 Å². The quantitative estimate of drug-likeness (QED) is 0.599. The van der Waals surface area contributed by atoms with Gasteiger partial charge in [0.05, 0.1) is 6.10 Å². The molecule has 1 N–H and O–H groups in total. The van der Waals surface area contributed by atoms with Crippen LogP contribution in [-0.4, -0.2) is 58.8 Å². The summed E-state index contributed by atoms with van der Waals surface area (Å²) in [6, 6.07) is 0. The number of rotatable bonds is 4. The molecule has 9 atom stereocenters. The summed E-state index contributed by atoms with van der Waals surface area (Å²) in [4.78, 5) is 49.1. The predicted octanol–water partition coefficient (Wildman–Crippen LogP) is 2.99. The zero-order chi connectivity index (χ0) is 26.1. The summed E-state index contributed by atoms with van der Waals surface area (Å²) in [6.07, 6.45) is 0.118. The summed E-state index contributed by atoms with van der Waals surface area (Å²) < 4.78 is 43.5. The number of carbonyl (C=O) groups excluding carboxylic acids is 4. The van der Waals surface area contributed by atoms with Crippen molar-refractivity contribution in [3.05, 3.63) is 23.8 Å².